The van der Waals surface area contributed by atoms with E-state index in [2.05, 4.69) is 24.0 Å². The highest BCUT2D eigenvalue weighted by molar-refractivity contribution is 5.84. The number of rotatable bonds is 3. The fourth-order valence-electron chi connectivity index (χ4n) is 3.61. The number of carbonyl (C=O) groups is 1. The zero-order valence-corrected chi connectivity index (χ0v) is 12.1. The number of hydrogen-bond donors (Lipinski definition) is 0. The Kier molecular flexibility index (Phi) is 4.06. The highest BCUT2D eigenvalue weighted by Crippen LogP contribution is 2.32. The van der Waals surface area contributed by atoms with Gasteiger partial charge in [0.25, 0.3) is 0 Å². The van der Waals surface area contributed by atoms with Gasteiger partial charge in [-0.3, -0.25) is 4.79 Å². The number of ether oxygens (including phenoxy) is 1. The van der Waals surface area contributed by atoms with E-state index < -0.39 is 0 Å². The van der Waals surface area contributed by atoms with Crippen LogP contribution in [-0.4, -0.2) is 36.1 Å². The summed E-state index contributed by atoms with van der Waals surface area (Å²) in [6, 6.07) is 10.8. The van der Waals surface area contributed by atoms with E-state index in [1.807, 2.05) is 18.2 Å². The van der Waals surface area contributed by atoms with Gasteiger partial charge >= 0.3 is 0 Å². The topological polar surface area (TPSA) is 29.5 Å². The Labute approximate surface area is 120 Å². The van der Waals surface area contributed by atoms with E-state index in [0.29, 0.717) is 31.2 Å². The Bertz CT molecular complexity index is 437. The van der Waals surface area contributed by atoms with Crippen molar-refractivity contribution in [3.8, 4) is 0 Å². The summed E-state index contributed by atoms with van der Waals surface area (Å²) in [4.78, 5) is 15.2. The number of carbonyl (C=O) groups excluding carboxylic acids is 1. The molecule has 2 heterocycles. The Morgan fingerprint density at radius 2 is 1.90 bits per heavy atom. The van der Waals surface area contributed by atoms with Crippen LogP contribution in [-0.2, 0) is 9.53 Å². The third-order valence-electron chi connectivity index (χ3n) is 4.64. The minimum atomic E-state index is -0.00241. The summed E-state index contributed by atoms with van der Waals surface area (Å²) in [6.45, 7) is 3.53. The first-order valence-electron chi connectivity index (χ1n) is 7.76. The fraction of sp³-hybridized carbons (Fsp3) is 0.588. The standard InChI is InChI=1S/C17H23NO2/c1-2-16(13-7-4-3-5-8-13)17(19)18-14-9-6-10-15(18)12-20-11-14/h3-5,7-8,14-16H,2,6,9-12H2,1H3/t14-,15-,16+/m0/s1. The van der Waals surface area contributed by atoms with E-state index in [1.54, 1.807) is 0 Å². The summed E-state index contributed by atoms with van der Waals surface area (Å²) in [5.74, 6) is 0.300. The lowest BCUT2D eigenvalue weighted by atomic mass is 9.89. The lowest BCUT2D eigenvalue weighted by molar-refractivity contribution is -0.152. The number of fused-ring (bicyclic) bond motifs is 2. The van der Waals surface area contributed by atoms with E-state index in [1.165, 1.54) is 6.42 Å². The molecule has 3 nitrogen and oxygen atoms in total. The molecule has 0 spiro atoms. The van der Waals surface area contributed by atoms with Crippen LogP contribution in [0.5, 0.6) is 0 Å². The van der Waals surface area contributed by atoms with Gasteiger partial charge in [-0.25, -0.2) is 0 Å². The van der Waals surface area contributed by atoms with Gasteiger partial charge in [0, 0.05) is 0 Å². The Morgan fingerprint density at radius 1 is 1.25 bits per heavy atom. The predicted octanol–water partition coefficient (Wildman–Crippen LogP) is 2.96. The van der Waals surface area contributed by atoms with Crippen molar-refractivity contribution in [2.75, 3.05) is 13.2 Å². The average Bonchev–Trinajstić information content (AvgIpc) is 2.48. The van der Waals surface area contributed by atoms with E-state index in [0.717, 1.165) is 24.8 Å². The van der Waals surface area contributed by atoms with Gasteiger partial charge in [-0.1, -0.05) is 37.3 Å². The molecule has 2 aliphatic rings. The second-order valence-electron chi connectivity index (χ2n) is 5.89. The molecule has 2 aliphatic heterocycles. The number of hydrogen-bond acceptors (Lipinski definition) is 2. The van der Waals surface area contributed by atoms with Gasteiger partial charge in [0.15, 0.2) is 0 Å². The van der Waals surface area contributed by atoms with E-state index in [-0.39, 0.29) is 5.92 Å². The molecule has 1 amide bonds. The molecule has 3 heteroatoms. The van der Waals surface area contributed by atoms with Gasteiger partial charge in [0.1, 0.15) is 0 Å². The maximum Gasteiger partial charge on any atom is 0.230 e. The van der Waals surface area contributed by atoms with Crippen LogP contribution in [0, 0.1) is 0 Å². The highest BCUT2D eigenvalue weighted by atomic mass is 16.5. The van der Waals surface area contributed by atoms with Crippen molar-refractivity contribution >= 4 is 5.91 Å². The summed E-state index contributed by atoms with van der Waals surface area (Å²) in [5, 5.41) is 0. The zero-order chi connectivity index (χ0) is 13.9. The van der Waals surface area contributed by atoms with Crippen molar-refractivity contribution in [2.45, 2.75) is 50.6 Å². The second-order valence-corrected chi connectivity index (χ2v) is 5.89. The predicted molar refractivity (Wildman–Crippen MR) is 78.6 cm³/mol. The van der Waals surface area contributed by atoms with Crippen LogP contribution in [0.4, 0.5) is 0 Å². The minimum absolute atomic E-state index is 0.00241. The molecule has 0 unspecified atom stereocenters. The van der Waals surface area contributed by atoms with Crippen molar-refractivity contribution < 1.29 is 9.53 Å². The Hall–Kier alpha value is -1.35. The molecule has 2 fully saturated rings. The quantitative estimate of drug-likeness (QED) is 0.847. The molecule has 108 valence electrons. The molecule has 0 saturated carbocycles. The molecule has 2 saturated heterocycles. The first-order chi connectivity index (χ1) is 9.81. The smallest absolute Gasteiger partial charge is 0.230 e. The number of nitrogens with zero attached hydrogens (tertiary/aromatic N) is 1. The minimum Gasteiger partial charge on any atom is -0.377 e. The first-order valence-corrected chi connectivity index (χ1v) is 7.76. The summed E-state index contributed by atoms with van der Waals surface area (Å²) in [5.41, 5.74) is 1.14. The highest BCUT2D eigenvalue weighted by Gasteiger charge is 2.39. The molecule has 0 radical (unpaired) electrons. The van der Waals surface area contributed by atoms with Crippen molar-refractivity contribution in [1.29, 1.82) is 0 Å². The number of amides is 1. The Morgan fingerprint density at radius 3 is 2.50 bits per heavy atom. The number of benzene rings is 1. The van der Waals surface area contributed by atoms with Crippen LogP contribution in [0.3, 0.4) is 0 Å². The van der Waals surface area contributed by atoms with Gasteiger partial charge in [0.05, 0.1) is 31.2 Å². The third kappa shape index (κ3) is 2.47. The van der Waals surface area contributed by atoms with Crippen LogP contribution in [0.25, 0.3) is 0 Å². The van der Waals surface area contributed by atoms with Gasteiger partial charge in [-0.2, -0.15) is 0 Å². The molecule has 0 aromatic heterocycles. The van der Waals surface area contributed by atoms with Gasteiger partial charge in [-0.05, 0) is 31.2 Å². The van der Waals surface area contributed by atoms with Crippen molar-refractivity contribution in [3.05, 3.63) is 35.9 Å². The van der Waals surface area contributed by atoms with Crippen LogP contribution in [0.15, 0.2) is 30.3 Å². The third-order valence-corrected chi connectivity index (χ3v) is 4.64. The lowest BCUT2D eigenvalue weighted by Crippen LogP contribution is -2.58. The van der Waals surface area contributed by atoms with Crippen LogP contribution in [0.2, 0.25) is 0 Å². The van der Waals surface area contributed by atoms with Crippen LogP contribution < -0.4 is 0 Å². The van der Waals surface area contributed by atoms with Gasteiger partial charge in [-0.15, -0.1) is 0 Å². The maximum atomic E-state index is 13.0. The molecular weight excluding hydrogens is 250 g/mol. The fourth-order valence-corrected chi connectivity index (χ4v) is 3.61. The van der Waals surface area contributed by atoms with E-state index in [4.69, 9.17) is 4.74 Å². The molecule has 20 heavy (non-hydrogen) atoms. The van der Waals surface area contributed by atoms with Crippen molar-refractivity contribution in [2.24, 2.45) is 0 Å². The largest absolute Gasteiger partial charge is 0.377 e. The summed E-state index contributed by atoms with van der Waals surface area (Å²) >= 11 is 0. The van der Waals surface area contributed by atoms with Gasteiger partial charge in [0.2, 0.25) is 5.91 Å². The average molecular weight is 273 g/mol. The number of piperidine rings is 1. The zero-order valence-electron chi connectivity index (χ0n) is 12.1. The van der Waals surface area contributed by atoms with Crippen molar-refractivity contribution in [3.63, 3.8) is 0 Å². The SMILES string of the molecule is CC[C@@H](C(=O)N1[C@H]2CCC[C@H]1COC2)c1ccccc1. The van der Waals surface area contributed by atoms with Crippen LogP contribution >= 0.6 is 0 Å². The molecule has 1 aromatic carbocycles. The molecule has 0 aliphatic carbocycles. The molecule has 3 atom stereocenters. The molecule has 0 N–H and O–H groups in total. The molecule has 1 aromatic rings. The van der Waals surface area contributed by atoms with Gasteiger partial charge < -0.3 is 9.64 Å². The van der Waals surface area contributed by atoms with Crippen molar-refractivity contribution in [1.82, 2.24) is 4.90 Å². The molecule has 2 bridgehead atoms. The summed E-state index contributed by atoms with van der Waals surface area (Å²) in [6.07, 6.45) is 4.27. The first kappa shape index (κ1) is 13.6. The monoisotopic (exact) mass is 273 g/mol. The molecular formula is C17H23NO2. The Balaban J connectivity index is 1.83. The lowest BCUT2D eigenvalue weighted by Gasteiger charge is -2.47. The van der Waals surface area contributed by atoms with Crippen LogP contribution in [0.1, 0.15) is 44.1 Å². The maximum absolute atomic E-state index is 13.0. The molecule has 3 rings (SSSR count). The summed E-state index contributed by atoms with van der Waals surface area (Å²) < 4.78 is 5.64. The second kappa shape index (κ2) is 5.96. The summed E-state index contributed by atoms with van der Waals surface area (Å²) in [7, 11) is 0. The van der Waals surface area contributed by atoms with E-state index >= 15 is 0 Å². The number of morpholine rings is 1. The van der Waals surface area contributed by atoms with E-state index in [9.17, 15) is 4.79 Å². The normalized spacial score (nSPS) is 27.1.